The van der Waals surface area contributed by atoms with Crippen LogP contribution in [0.2, 0.25) is 5.02 Å². The number of hydrogen-bond acceptors (Lipinski definition) is 5. The van der Waals surface area contributed by atoms with Crippen molar-refractivity contribution in [1.29, 1.82) is 0 Å². The van der Waals surface area contributed by atoms with Crippen molar-refractivity contribution in [1.82, 2.24) is 9.88 Å². The highest BCUT2D eigenvalue weighted by molar-refractivity contribution is 6.30. The van der Waals surface area contributed by atoms with Crippen LogP contribution in [0.25, 0.3) is 22.1 Å². The van der Waals surface area contributed by atoms with Crippen molar-refractivity contribution in [2.75, 3.05) is 6.73 Å². The minimum absolute atomic E-state index is 0.363. The van der Waals surface area contributed by atoms with Crippen LogP contribution < -0.4 is 10.4 Å². The molecular formula is C24H19ClN2O3. The molecule has 0 bridgehead atoms. The number of fused-ring (bicyclic) bond motifs is 3. The van der Waals surface area contributed by atoms with Crippen LogP contribution in [0.15, 0.2) is 70.0 Å². The molecule has 0 atom stereocenters. The molecule has 5 nitrogen and oxygen atoms in total. The van der Waals surface area contributed by atoms with E-state index in [1.54, 1.807) is 18.3 Å². The summed E-state index contributed by atoms with van der Waals surface area (Å²) in [5.41, 5.74) is 4.30. The van der Waals surface area contributed by atoms with Crippen molar-refractivity contribution in [3.8, 4) is 16.9 Å². The summed E-state index contributed by atoms with van der Waals surface area (Å²) in [6.07, 6.45) is 1.78. The number of hydrogen-bond donors (Lipinski definition) is 0. The van der Waals surface area contributed by atoms with Crippen LogP contribution in [-0.2, 0) is 13.1 Å². The average molecular weight is 419 g/mol. The van der Waals surface area contributed by atoms with E-state index in [0.29, 0.717) is 36.0 Å². The third-order valence-electron chi connectivity index (χ3n) is 5.42. The van der Waals surface area contributed by atoms with E-state index in [2.05, 4.69) is 9.88 Å². The average Bonchev–Trinajstić information content (AvgIpc) is 2.76. The quantitative estimate of drug-likeness (QED) is 0.430. The zero-order valence-corrected chi connectivity index (χ0v) is 17.1. The van der Waals surface area contributed by atoms with Crippen molar-refractivity contribution in [3.63, 3.8) is 0 Å². The number of benzene rings is 2. The van der Waals surface area contributed by atoms with E-state index in [1.165, 1.54) is 0 Å². The van der Waals surface area contributed by atoms with Gasteiger partial charge in [0, 0.05) is 29.7 Å². The number of pyridine rings is 1. The van der Waals surface area contributed by atoms with E-state index in [4.69, 9.17) is 20.8 Å². The zero-order chi connectivity index (χ0) is 20.7. The van der Waals surface area contributed by atoms with Gasteiger partial charge in [-0.25, -0.2) is 4.79 Å². The minimum atomic E-state index is -0.363. The van der Waals surface area contributed by atoms with Gasteiger partial charge in [0.05, 0.1) is 16.8 Å². The molecule has 1 aliphatic rings. The molecule has 3 heterocycles. The fourth-order valence-electron chi connectivity index (χ4n) is 3.94. The van der Waals surface area contributed by atoms with Crippen LogP contribution in [0.3, 0.4) is 0 Å². The maximum Gasteiger partial charge on any atom is 0.344 e. The third-order valence-corrected chi connectivity index (χ3v) is 5.68. The van der Waals surface area contributed by atoms with Gasteiger partial charge in [-0.1, -0.05) is 29.8 Å². The fraction of sp³-hybridized carbons (Fsp3) is 0.167. The van der Waals surface area contributed by atoms with Crippen LogP contribution in [0.5, 0.6) is 5.75 Å². The normalized spacial score (nSPS) is 13.8. The van der Waals surface area contributed by atoms with E-state index in [9.17, 15) is 4.79 Å². The first kappa shape index (κ1) is 18.9. The fourth-order valence-corrected chi connectivity index (χ4v) is 4.07. The van der Waals surface area contributed by atoms with E-state index in [1.807, 2.05) is 49.4 Å². The molecule has 30 heavy (non-hydrogen) atoms. The van der Waals surface area contributed by atoms with Crippen molar-refractivity contribution in [2.45, 2.75) is 20.0 Å². The SMILES string of the molecule is Cc1c(-c2ccc(Cl)cc2)c(=O)oc2c3c(ccc12)OCN(Cc1ccccn1)C3. The lowest BCUT2D eigenvalue weighted by Gasteiger charge is -2.29. The summed E-state index contributed by atoms with van der Waals surface area (Å²) in [5.74, 6) is 0.751. The molecule has 0 fully saturated rings. The summed E-state index contributed by atoms with van der Waals surface area (Å²) < 4.78 is 11.8. The molecule has 0 saturated heterocycles. The van der Waals surface area contributed by atoms with Crippen LogP contribution in [-0.4, -0.2) is 16.6 Å². The van der Waals surface area contributed by atoms with Gasteiger partial charge in [0.15, 0.2) is 0 Å². The molecule has 0 unspecified atom stereocenters. The monoisotopic (exact) mass is 418 g/mol. The summed E-state index contributed by atoms with van der Waals surface area (Å²) in [7, 11) is 0. The van der Waals surface area contributed by atoms with Crippen molar-refractivity contribution in [3.05, 3.63) is 93.1 Å². The molecule has 0 amide bonds. The van der Waals surface area contributed by atoms with Crippen LogP contribution >= 0.6 is 11.6 Å². The second kappa shape index (κ2) is 7.59. The number of aromatic nitrogens is 1. The molecule has 2 aromatic carbocycles. The van der Waals surface area contributed by atoms with Gasteiger partial charge >= 0.3 is 5.63 Å². The Balaban J connectivity index is 1.58. The van der Waals surface area contributed by atoms with E-state index >= 15 is 0 Å². The van der Waals surface area contributed by atoms with Crippen molar-refractivity contribution in [2.24, 2.45) is 0 Å². The summed E-state index contributed by atoms with van der Waals surface area (Å²) >= 11 is 6.00. The second-order valence-electron chi connectivity index (χ2n) is 7.40. The highest BCUT2D eigenvalue weighted by Crippen LogP contribution is 2.35. The Morgan fingerprint density at radius 1 is 1.10 bits per heavy atom. The molecular weight excluding hydrogens is 400 g/mol. The number of ether oxygens (including phenoxy) is 1. The first-order chi connectivity index (χ1) is 14.6. The van der Waals surface area contributed by atoms with E-state index in [-0.39, 0.29) is 5.63 Å². The first-order valence-corrected chi connectivity index (χ1v) is 10.1. The summed E-state index contributed by atoms with van der Waals surface area (Å²) in [6.45, 7) is 3.68. The summed E-state index contributed by atoms with van der Waals surface area (Å²) in [5, 5.41) is 1.53. The van der Waals surface area contributed by atoms with Gasteiger partial charge in [0.25, 0.3) is 0 Å². The van der Waals surface area contributed by atoms with Crippen LogP contribution in [0.1, 0.15) is 16.8 Å². The predicted octanol–water partition coefficient (Wildman–Crippen LogP) is 5.17. The largest absolute Gasteiger partial charge is 0.478 e. The third kappa shape index (κ3) is 3.36. The van der Waals surface area contributed by atoms with Crippen LogP contribution in [0.4, 0.5) is 0 Å². The van der Waals surface area contributed by atoms with Gasteiger partial charge in [0.1, 0.15) is 18.1 Å². The Morgan fingerprint density at radius 3 is 2.70 bits per heavy atom. The van der Waals surface area contributed by atoms with Gasteiger partial charge < -0.3 is 9.15 Å². The lowest BCUT2D eigenvalue weighted by atomic mass is 9.97. The Bertz CT molecular complexity index is 1280. The van der Waals surface area contributed by atoms with Crippen molar-refractivity contribution < 1.29 is 9.15 Å². The second-order valence-corrected chi connectivity index (χ2v) is 7.83. The van der Waals surface area contributed by atoms with Gasteiger partial charge in [-0.2, -0.15) is 0 Å². The van der Waals surface area contributed by atoms with Gasteiger partial charge in [-0.05, 0) is 54.4 Å². The highest BCUT2D eigenvalue weighted by Gasteiger charge is 2.24. The smallest absolute Gasteiger partial charge is 0.344 e. The maximum absolute atomic E-state index is 12.9. The van der Waals surface area contributed by atoms with Gasteiger partial charge in [0.2, 0.25) is 0 Å². The standard InChI is InChI=1S/C24H19ClN2O3/c1-15-19-9-10-21-20(13-27(14-29-21)12-18-4-2-3-11-26-18)23(19)30-24(28)22(15)16-5-7-17(25)8-6-16/h2-11H,12-14H2,1H3. The molecule has 6 heteroatoms. The molecule has 0 N–H and O–H groups in total. The highest BCUT2D eigenvalue weighted by atomic mass is 35.5. The van der Waals surface area contributed by atoms with E-state index < -0.39 is 0 Å². The summed E-state index contributed by atoms with van der Waals surface area (Å²) in [6, 6.07) is 17.0. The number of nitrogens with zero attached hydrogens (tertiary/aromatic N) is 2. The first-order valence-electron chi connectivity index (χ1n) is 9.70. The number of rotatable bonds is 3. The molecule has 0 aliphatic carbocycles. The maximum atomic E-state index is 12.9. The zero-order valence-electron chi connectivity index (χ0n) is 16.4. The molecule has 5 rings (SSSR count). The Morgan fingerprint density at radius 2 is 1.93 bits per heavy atom. The van der Waals surface area contributed by atoms with Crippen molar-refractivity contribution >= 4 is 22.6 Å². The molecule has 1 aliphatic heterocycles. The molecule has 0 radical (unpaired) electrons. The Kier molecular flexibility index (Phi) is 4.77. The predicted molar refractivity (Wildman–Crippen MR) is 117 cm³/mol. The van der Waals surface area contributed by atoms with E-state index in [0.717, 1.165) is 33.5 Å². The molecule has 4 aromatic rings. The molecule has 150 valence electrons. The number of aryl methyl sites for hydroxylation is 1. The summed E-state index contributed by atoms with van der Waals surface area (Å²) in [4.78, 5) is 19.5. The minimum Gasteiger partial charge on any atom is -0.478 e. The Hall–Kier alpha value is -3.15. The lowest BCUT2D eigenvalue weighted by molar-refractivity contribution is 0.0878. The lowest BCUT2D eigenvalue weighted by Crippen LogP contribution is -2.32. The van der Waals surface area contributed by atoms with Crippen LogP contribution in [0, 0.1) is 6.92 Å². The molecule has 0 spiro atoms. The molecule has 0 saturated carbocycles. The van der Waals surface area contributed by atoms with Gasteiger partial charge in [-0.15, -0.1) is 0 Å². The number of halogens is 1. The van der Waals surface area contributed by atoms with Gasteiger partial charge in [-0.3, -0.25) is 9.88 Å². The topological polar surface area (TPSA) is 55.6 Å². The molecule has 2 aromatic heterocycles. The Labute approximate surface area is 178 Å².